The number of anilines is 1. The van der Waals surface area contributed by atoms with E-state index in [0.717, 1.165) is 5.56 Å². The van der Waals surface area contributed by atoms with Gasteiger partial charge in [-0.15, -0.1) is 0 Å². The van der Waals surface area contributed by atoms with Gasteiger partial charge in [0.2, 0.25) is 0 Å². The van der Waals surface area contributed by atoms with Crippen molar-refractivity contribution in [1.29, 1.82) is 0 Å². The minimum absolute atomic E-state index is 0.0224. The molecule has 0 unspecified atom stereocenters. The second-order valence-corrected chi connectivity index (χ2v) is 4.32. The summed E-state index contributed by atoms with van der Waals surface area (Å²) in [5, 5.41) is 12.2. The molecule has 0 saturated carbocycles. The highest BCUT2D eigenvalue weighted by Crippen LogP contribution is 2.23. The standard InChI is InChI=1S/C14H12ClNO3/c15-11-6-12(8-13(17)7-11)16-14(18)19-9-10-4-2-1-3-5-10/h1-8,17H,9H2,(H,16,18). The number of hydrogen-bond acceptors (Lipinski definition) is 3. The third-order valence-electron chi connectivity index (χ3n) is 2.34. The molecule has 0 radical (unpaired) electrons. The molecule has 4 nitrogen and oxygen atoms in total. The molecule has 0 aliphatic carbocycles. The molecule has 98 valence electrons. The molecule has 0 fully saturated rings. The predicted octanol–water partition coefficient (Wildman–Crippen LogP) is 3.79. The lowest BCUT2D eigenvalue weighted by Crippen LogP contribution is -2.13. The van der Waals surface area contributed by atoms with Crippen LogP contribution in [0.3, 0.4) is 0 Å². The summed E-state index contributed by atoms with van der Waals surface area (Å²) in [6.07, 6.45) is -0.606. The maximum absolute atomic E-state index is 11.6. The van der Waals surface area contributed by atoms with Crippen molar-refractivity contribution in [2.24, 2.45) is 0 Å². The number of phenolic OH excluding ortho intramolecular Hbond substituents is 1. The summed E-state index contributed by atoms with van der Waals surface area (Å²) in [5.74, 6) is -0.0224. The normalized spacial score (nSPS) is 9.95. The summed E-state index contributed by atoms with van der Waals surface area (Å²) in [6.45, 7) is 0.180. The van der Waals surface area contributed by atoms with Crippen LogP contribution in [-0.4, -0.2) is 11.2 Å². The second kappa shape index (κ2) is 6.11. The quantitative estimate of drug-likeness (QED) is 0.897. The van der Waals surface area contributed by atoms with E-state index in [4.69, 9.17) is 16.3 Å². The monoisotopic (exact) mass is 277 g/mol. The number of rotatable bonds is 3. The lowest BCUT2D eigenvalue weighted by Gasteiger charge is -2.07. The van der Waals surface area contributed by atoms with Crippen LogP contribution in [0.5, 0.6) is 5.75 Å². The molecule has 0 saturated heterocycles. The fourth-order valence-electron chi connectivity index (χ4n) is 1.52. The molecular formula is C14H12ClNO3. The molecule has 2 rings (SSSR count). The molecular weight excluding hydrogens is 266 g/mol. The van der Waals surface area contributed by atoms with Crippen molar-refractivity contribution in [3.05, 3.63) is 59.1 Å². The number of halogens is 1. The van der Waals surface area contributed by atoms with Gasteiger partial charge >= 0.3 is 6.09 Å². The van der Waals surface area contributed by atoms with Crippen LogP contribution in [0.2, 0.25) is 5.02 Å². The molecule has 0 heterocycles. The van der Waals surface area contributed by atoms with Crippen LogP contribution < -0.4 is 5.32 Å². The number of benzene rings is 2. The van der Waals surface area contributed by atoms with Crippen molar-refractivity contribution < 1.29 is 14.6 Å². The number of aromatic hydroxyl groups is 1. The van der Waals surface area contributed by atoms with E-state index in [0.29, 0.717) is 10.7 Å². The van der Waals surface area contributed by atoms with Crippen LogP contribution in [0.15, 0.2) is 48.5 Å². The summed E-state index contributed by atoms with van der Waals surface area (Å²) in [5.41, 5.74) is 1.27. The Morgan fingerprint density at radius 3 is 2.63 bits per heavy atom. The van der Waals surface area contributed by atoms with Crippen molar-refractivity contribution in [2.45, 2.75) is 6.61 Å². The fraction of sp³-hybridized carbons (Fsp3) is 0.0714. The van der Waals surface area contributed by atoms with Crippen LogP contribution in [0.4, 0.5) is 10.5 Å². The first kappa shape index (κ1) is 13.2. The first-order valence-corrected chi connectivity index (χ1v) is 5.98. The number of phenols is 1. The zero-order valence-electron chi connectivity index (χ0n) is 9.97. The zero-order valence-corrected chi connectivity index (χ0v) is 10.7. The fourth-order valence-corrected chi connectivity index (χ4v) is 1.75. The Morgan fingerprint density at radius 1 is 1.21 bits per heavy atom. The summed E-state index contributed by atoms with van der Waals surface area (Å²) in [4.78, 5) is 11.6. The average molecular weight is 278 g/mol. The first-order chi connectivity index (χ1) is 9.13. The van der Waals surface area contributed by atoms with E-state index in [9.17, 15) is 9.90 Å². The Labute approximate surface area is 115 Å². The van der Waals surface area contributed by atoms with Gasteiger partial charge in [-0.2, -0.15) is 0 Å². The molecule has 2 N–H and O–H groups in total. The Bertz CT molecular complexity index is 552. The van der Waals surface area contributed by atoms with Gasteiger partial charge in [0.1, 0.15) is 12.4 Å². The molecule has 0 aliphatic rings. The van der Waals surface area contributed by atoms with E-state index in [1.54, 1.807) is 0 Å². The number of carbonyl (C=O) groups excluding carboxylic acids is 1. The van der Waals surface area contributed by atoms with Crippen molar-refractivity contribution in [2.75, 3.05) is 5.32 Å². The number of nitrogens with one attached hydrogen (secondary N) is 1. The van der Waals surface area contributed by atoms with Gasteiger partial charge in [0, 0.05) is 16.8 Å². The van der Waals surface area contributed by atoms with Crippen molar-refractivity contribution in [3.8, 4) is 5.75 Å². The largest absolute Gasteiger partial charge is 0.508 e. The lowest BCUT2D eigenvalue weighted by molar-refractivity contribution is 0.155. The van der Waals surface area contributed by atoms with Crippen molar-refractivity contribution in [1.82, 2.24) is 0 Å². The van der Waals surface area contributed by atoms with Gasteiger partial charge in [-0.25, -0.2) is 4.79 Å². The zero-order chi connectivity index (χ0) is 13.7. The summed E-state index contributed by atoms with van der Waals surface area (Å²) in [7, 11) is 0. The summed E-state index contributed by atoms with van der Waals surface area (Å²) >= 11 is 5.75. The number of hydrogen-bond donors (Lipinski definition) is 2. The van der Waals surface area contributed by atoms with Crippen LogP contribution in [0.25, 0.3) is 0 Å². The smallest absolute Gasteiger partial charge is 0.411 e. The average Bonchev–Trinajstić information content (AvgIpc) is 2.36. The van der Waals surface area contributed by atoms with E-state index < -0.39 is 6.09 Å². The second-order valence-electron chi connectivity index (χ2n) is 3.88. The van der Waals surface area contributed by atoms with Gasteiger partial charge in [-0.3, -0.25) is 5.32 Å². The topological polar surface area (TPSA) is 58.6 Å². The maximum Gasteiger partial charge on any atom is 0.411 e. The van der Waals surface area contributed by atoms with Gasteiger partial charge in [-0.05, 0) is 17.7 Å². The van der Waals surface area contributed by atoms with Crippen LogP contribution >= 0.6 is 11.6 Å². The Kier molecular flexibility index (Phi) is 4.26. The molecule has 0 bridgehead atoms. The predicted molar refractivity (Wildman–Crippen MR) is 73.4 cm³/mol. The highest BCUT2D eigenvalue weighted by atomic mass is 35.5. The van der Waals surface area contributed by atoms with Crippen molar-refractivity contribution >= 4 is 23.4 Å². The van der Waals surface area contributed by atoms with Gasteiger partial charge in [0.15, 0.2) is 0 Å². The summed E-state index contributed by atoms with van der Waals surface area (Å²) in [6, 6.07) is 13.6. The van der Waals surface area contributed by atoms with E-state index in [-0.39, 0.29) is 12.4 Å². The number of carbonyl (C=O) groups is 1. The number of ether oxygens (including phenoxy) is 1. The third-order valence-corrected chi connectivity index (χ3v) is 2.56. The molecule has 0 spiro atoms. The SMILES string of the molecule is O=C(Nc1cc(O)cc(Cl)c1)OCc1ccccc1. The minimum Gasteiger partial charge on any atom is -0.508 e. The van der Waals surface area contributed by atoms with E-state index in [1.165, 1.54) is 18.2 Å². The molecule has 5 heteroatoms. The van der Waals surface area contributed by atoms with Crippen LogP contribution in [0, 0.1) is 0 Å². The molecule has 0 atom stereocenters. The lowest BCUT2D eigenvalue weighted by atomic mass is 10.2. The first-order valence-electron chi connectivity index (χ1n) is 5.61. The van der Waals surface area contributed by atoms with Crippen LogP contribution in [-0.2, 0) is 11.3 Å². The number of amides is 1. The third kappa shape index (κ3) is 4.19. The Hall–Kier alpha value is -2.20. The molecule has 19 heavy (non-hydrogen) atoms. The Balaban J connectivity index is 1.91. The van der Waals surface area contributed by atoms with E-state index in [1.807, 2.05) is 30.3 Å². The molecule has 2 aromatic rings. The van der Waals surface area contributed by atoms with E-state index in [2.05, 4.69) is 5.32 Å². The molecule has 1 amide bonds. The van der Waals surface area contributed by atoms with Crippen molar-refractivity contribution in [3.63, 3.8) is 0 Å². The minimum atomic E-state index is -0.606. The molecule has 0 aromatic heterocycles. The van der Waals surface area contributed by atoms with Gasteiger partial charge in [0.05, 0.1) is 0 Å². The molecule has 2 aromatic carbocycles. The van der Waals surface area contributed by atoms with Gasteiger partial charge < -0.3 is 9.84 Å². The Morgan fingerprint density at radius 2 is 1.95 bits per heavy atom. The van der Waals surface area contributed by atoms with Crippen LogP contribution in [0.1, 0.15) is 5.56 Å². The summed E-state index contributed by atoms with van der Waals surface area (Å²) < 4.78 is 5.04. The maximum atomic E-state index is 11.6. The van der Waals surface area contributed by atoms with Gasteiger partial charge in [-0.1, -0.05) is 41.9 Å². The van der Waals surface area contributed by atoms with Gasteiger partial charge in [0.25, 0.3) is 0 Å². The highest BCUT2D eigenvalue weighted by Gasteiger charge is 2.05. The highest BCUT2D eigenvalue weighted by molar-refractivity contribution is 6.31. The molecule has 0 aliphatic heterocycles. The van der Waals surface area contributed by atoms with E-state index >= 15 is 0 Å².